The summed E-state index contributed by atoms with van der Waals surface area (Å²) in [7, 11) is 1.67. The fourth-order valence-corrected chi connectivity index (χ4v) is 7.05. The standard InChI is InChI=1S/C40H37N5O2/c1-26-13-14-41-39(17-26)45-37-10-6-5-9-35(37)36-12-11-32(23-38(36)45)47-34-21-31(20-33(22-34)46-4)44-25-29(24-42-44)40-27(2)18-30(19-28(40)3)43-15-7-8-16-43/h5-6,9-14,17-25H,7-8,15-16H2,1-4H3. The molecular formula is C40H37N5O2. The molecule has 1 saturated heterocycles. The molecular weight excluding hydrogens is 582 g/mol. The molecule has 7 aromatic rings. The number of hydrogen-bond acceptors (Lipinski definition) is 5. The Kier molecular flexibility index (Phi) is 7.17. The van der Waals surface area contributed by atoms with Crippen molar-refractivity contribution in [2.24, 2.45) is 0 Å². The van der Waals surface area contributed by atoms with E-state index in [0.29, 0.717) is 11.5 Å². The van der Waals surface area contributed by atoms with Gasteiger partial charge < -0.3 is 14.4 Å². The minimum absolute atomic E-state index is 0.661. The highest BCUT2D eigenvalue weighted by molar-refractivity contribution is 6.09. The van der Waals surface area contributed by atoms with Gasteiger partial charge in [-0.2, -0.15) is 5.10 Å². The molecule has 0 radical (unpaired) electrons. The van der Waals surface area contributed by atoms with Crippen LogP contribution in [0.4, 0.5) is 5.69 Å². The molecule has 0 saturated carbocycles. The van der Waals surface area contributed by atoms with Crippen LogP contribution < -0.4 is 14.4 Å². The molecule has 7 nitrogen and oxygen atoms in total. The molecule has 0 unspecified atom stereocenters. The van der Waals surface area contributed by atoms with Crippen LogP contribution >= 0.6 is 0 Å². The maximum Gasteiger partial charge on any atom is 0.137 e. The molecule has 0 amide bonds. The lowest BCUT2D eigenvalue weighted by Gasteiger charge is -2.20. The third kappa shape index (κ3) is 5.27. The van der Waals surface area contributed by atoms with E-state index in [-0.39, 0.29) is 0 Å². The van der Waals surface area contributed by atoms with Crippen LogP contribution in [0.1, 0.15) is 29.5 Å². The van der Waals surface area contributed by atoms with E-state index in [1.807, 2.05) is 47.4 Å². The molecule has 4 heterocycles. The quantitative estimate of drug-likeness (QED) is 0.178. The van der Waals surface area contributed by atoms with E-state index in [9.17, 15) is 0 Å². The van der Waals surface area contributed by atoms with Crippen molar-refractivity contribution in [3.8, 4) is 39.9 Å². The normalized spacial score (nSPS) is 13.1. The van der Waals surface area contributed by atoms with Gasteiger partial charge in [0.25, 0.3) is 0 Å². The van der Waals surface area contributed by atoms with Crippen molar-refractivity contribution in [3.05, 3.63) is 120 Å². The number of aromatic nitrogens is 4. The summed E-state index contributed by atoms with van der Waals surface area (Å²) < 4.78 is 16.3. The Labute approximate surface area is 274 Å². The third-order valence-electron chi connectivity index (χ3n) is 9.24. The SMILES string of the molecule is COc1cc(Oc2ccc3c4ccccc4n(-c4cc(C)ccn4)c3c2)cc(-n2cc(-c3c(C)cc(N4CCCC4)cc3C)cn2)c1. The minimum atomic E-state index is 0.661. The highest BCUT2D eigenvalue weighted by atomic mass is 16.5. The lowest BCUT2D eigenvalue weighted by atomic mass is 9.97. The van der Waals surface area contributed by atoms with E-state index in [4.69, 9.17) is 19.6 Å². The van der Waals surface area contributed by atoms with Gasteiger partial charge in [-0.25, -0.2) is 9.67 Å². The molecule has 8 rings (SSSR count). The molecule has 1 aliphatic heterocycles. The lowest BCUT2D eigenvalue weighted by Crippen LogP contribution is -2.17. The molecule has 47 heavy (non-hydrogen) atoms. The highest BCUT2D eigenvalue weighted by Gasteiger charge is 2.18. The van der Waals surface area contributed by atoms with Crippen LogP contribution in [0, 0.1) is 20.8 Å². The van der Waals surface area contributed by atoms with Crippen LogP contribution in [0.25, 0.3) is 44.4 Å². The van der Waals surface area contributed by atoms with Crippen LogP contribution in [0.3, 0.4) is 0 Å². The Bertz CT molecular complexity index is 2250. The molecule has 234 valence electrons. The number of aryl methyl sites for hydroxylation is 3. The van der Waals surface area contributed by atoms with Crippen molar-refractivity contribution in [1.29, 1.82) is 0 Å². The molecule has 0 N–H and O–H groups in total. The second kappa shape index (κ2) is 11.7. The molecule has 3 aromatic heterocycles. The van der Waals surface area contributed by atoms with Crippen molar-refractivity contribution in [2.45, 2.75) is 33.6 Å². The van der Waals surface area contributed by atoms with Gasteiger partial charge in [0.1, 0.15) is 23.1 Å². The van der Waals surface area contributed by atoms with Crippen molar-refractivity contribution >= 4 is 27.5 Å². The Hall–Kier alpha value is -5.56. The average Bonchev–Trinajstić information content (AvgIpc) is 3.84. The summed E-state index contributed by atoms with van der Waals surface area (Å²) in [6.07, 6.45) is 8.42. The van der Waals surface area contributed by atoms with Crippen LogP contribution in [-0.4, -0.2) is 39.5 Å². The summed E-state index contributed by atoms with van der Waals surface area (Å²) in [5, 5.41) is 7.09. The van der Waals surface area contributed by atoms with Gasteiger partial charge in [0.05, 0.1) is 30.0 Å². The number of hydrogen-bond donors (Lipinski definition) is 0. The maximum atomic E-state index is 6.53. The summed E-state index contributed by atoms with van der Waals surface area (Å²) in [5.74, 6) is 2.95. The predicted octanol–water partition coefficient (Wildman–Crippen LogP) is 9.36. The van der Waals surface area contributed by atoms with Gasteiger partial charge in [0.2, 0.25) is 0 Å². The smallest absolute Gasteiger partial charge is 0.137 e. The Morgan fingerprint density at radius 2 is 1.47 bits per heavy atom. The van der Waals surface area contributed by atoms with E-state index in [1.165, 1.54) is 40.6 Å². The molecule has 4 aromatic carbocycles. The number of benzene rings is 4. The first-order valence-electron chi connectivity index (χ1n) is 16.2. The van der Waals surface area contributed by atoms with Crippen molar-refractivity contribution < 1.29 is 9.47 Å². The van der Waals surface area contributed by atoms with Crippen molar-refractivity contribution in [1.82, 2.24) is 19.3 Å². The molecule has 7 heteroatoms. The lowest BCUT2D eigenvalue weighted by molar-refractivity contribution is 0.408. The van der Waals surface area contributed by atoms with Gasteiger partial charge in [0.15, 0.2) is 0 Å². The van der Waals surface area contributed by atoms with Crippen molar-refractivity contribution in [2.75, 3.05) is 25.1 Å². The number of ether oxygens (including phenoxy) is 2. The molecule has 1 fully saturated rings. The number of anilines is 1. The zero-order chi connectivity index (χ0) is 32.1. The molecule has 0 spiro atoms. The fraction of sp³-hybridized carbons (Fsp3) is 0.200. The number of para-hydroxylation sites is 1. The average molecular weight is 620 g/mol. The molecule has 0 aliphatic carbocycles. The van der Waals surface area contributed by atoms with E-state index in [2.05, 4.69) is 91.0 Å². The largest absolute Gasteiger partial charge is 0.497 e. The summed E-state index contributed by atoms with van der Waals surface area (Å²) in [6, 6.07) is 29.3. The Balaban J connectivity index is 1.14. The van der Waals surface area contributed by atoms with Gasteiger partial charge >= 0.3 is 0 Å². The van der Waals surface area contributed by atoms with E-state index < -0.39 is 0 Å². The Morgan fingerprint density at radius 1 is 0.702 bits per heavy atom. The number of fused-ring (bicyclic) bond motifs is 3. The fourth-order valence-electron chi connectivity index (χ4n) is 7.05. The van der Waals surface area contributed by atoms with Crippen LogP contribution in [0.2, 0.25) is 0 Å². The topological polar surface area (TPSA) is 57.3 Å². The first kappa shape index (κ1) is 28.9. The summed E-state index contributed by atoms with van der Waals surface area (Å²) in [5.41, 5.74) is 10.3. The first-order valence-corrected chi connectivity index (χ1v) is 16.2. The van der Waals surface area contributed by atoms with E-state index in [1.54, 1.807) is 7.11 Å². The summed E-state index contributed by atoms with van der Waals surface area (Å²) in [6.45, 7) is 8.75. The second-order valence-electron chi connectivity index (χ2n) is 12.5. The minimum Gasteiger partial charge on any atom is -0.497 e. The zero-order valence-electron chi connectivity index (χ0n) is 27.2. The maximum absolute atomic E-state index is 6.53. The van der Waals surface area contributed by atoms with Crippen LogP contribution in [0.15, 0.2) is 104 Å². The van der Waals surface area contributed by atoms with E-state index >= 15 is 0 Å². The highest BCUT2D eigenvalue weighted by Crippen LogP contribution is 2.37. The van der Waals surface area contributed by atoms with Gasteiger partial charge in [-0.1, -0.05) is 18.2 Å². The second-order valence-corrected chi connectivity index (χ2v) is 12.5. The van der Waals surface area contributed by atoms with Gasteiger partial charge in [0, 0.05) is 71.8 Å². The monoisotopic (exact) mass is 619 g/mol. The van der Waals surface area contributed by atoms with Crippen molar-refractivity contribution in [3.63, 3.8) is 0 Å². The zero-order valence-corrected chi connectivity index (χ0v) is 27.2. The van der Waals surface area contributed by atoms with Crippen LogP contribution in [0.5, 0.6) is 17.2 Å². The number of nitrogens with zero attached hydrogens (tertiary/aromatic N) is 5. The molecule has 0 bridgehead atoms. The summed E-state index contributed by atoms with van der Waals surface area (Å²) >= 11 is 0. The molecule has 1 aliphatic rings. The predicted molar refractivity (Wildman–Crippen MR) is 190 cm³/mol. The van der Waals surface area contributed by atoms with Gasteiger partial charge in [-0.3, -0.25) is 4.57 Å². The first-order chi connectivity index (χ1) is 22.9. The number of pyridine rings is 1. The molecule has 0 atom stereocenters. The van der Waals surface area contributed by atoms with Gasteiger partial charge in [-0.15, -0.1) is 0 Å². The third-order valence-corrected chi connectivity index (χ3v) is 9.24. The van der Waals surface area contributed by atoms with Gasteiger partial charge in [-0.05, 0) is 98.3 Å². The van der Waals surface area contributed by atoms with E-state index in [0.717, 1.165) is 57.9 Å². The number of methoxy groups -OCH3 is 1. The van der Waals surface area contributed by atoms with Crippen LogP contribution in [-0.2, 0) is 0 Å². The Morgan fingerprint density at radius 3 is 2.26 bits per heavy atom. The summed E-state index contributed by atoms with van der Waals surface area (Å²) in [4.78, 5) is 7.20. The number of rotatable bonds is 7.